The highest BCUT2D eigenvalue weighted by molar-refractivity contribution is 9.10. The number of hydrogen-bond donors (Lipinski definition) is 0. The van der Waals surface area contributed by atoms with Crippen LogP contribution in [0.2, 0.25) is 0 Å². The Balaban J connectivity index is 2.62. The summed E-state index contributed by atoms with van der Waals surface area (Å²) in [6.45, 7) is 2.16. The van der Waals surface area contributed by atoms with Gasteiger partial charge in [0.05, 0.1) is 7.11 Å². The number of furan rings is 1. The summed E-state index contributed by atoms with van der Waals surface area (Å²) in [6, 6.07) is 3.46. The van der Waals surface area contributed by atoms with Crippen molar-refractivity contribution < 1.29 is 18.7 Å². The van der Waals surface area contributed by atoms with Gasteiger partial charge in [0.1, 0.15) is 12.3 Å². The van der Waals surface area contributed by atoms with Crippen LogP contribution in [-0.4, -0.2) is 37.0 Å². The predicted molar refractivity (Wildman–Crippen MR) is 69.7 cm³/mol. The number of nitrogens with zero attached hydrogens (tertiary/aromatic N) is 1. The van der Waals surface area contributed by atoms with Gasteiger partial charge in [-0.1, -0.05) is 0 Å². The number of rotatable bonds is 5. The molecule has 0 aliphatic heterocycles. The highest BCUT2D eigenvalue weighted by Crippen LogP contribution is 2.15. The van der Waals surface area contributed by atoms with Crippen molar-refractivity contribution in [3.05, 3.63) is 28.6 Å². The van der Waals surface area contributed by atoms with Gasteiger partial charge >= 0.3 is 5.97 Å². The fourth-order valence-corrected chi connectivity index (χ4v) is 1.56. The first-order valence-corrected chi connectivity index (χ1v) is 6.15. The summed E-state index contributed by atoms with van der Waals surface area (Å²) in [5, 5.41) is 0. The largest absolute Gasteiger partial charge is 0.468 e. The smallest absolute Gasteiger partial charge is 0.325 e. The fourth-order valence-electron chi connectivity index (χ4n) is 1.24. The van der Waals surface area contributed by atoms with Gasteiger partial charge in [0.25, 0.3) is 0 Å². The van der Waals surface area contributed by atoms with Gasteiger partial charge in [0, 0.05) is 12.6 Å². The van der Waals surface area contributed by atoms with Gasteiger partial charge in [-0.3, -0.25) is 9.59 Å². The molecule has 0 aliphatic rings. The second-order valence-electron chi connectivity index (χ2n) is 3.40. The highest BCUT2D eigenvalue weighted by Gasteiger charge is 2.13. The minimum Gasteiger partial charge on any atom is -0.468 e. The van der Waals surface area contributed by atoms with E-state index in [-0.39, 0.29) is 12.5 Å². The van der Waals surface area contributed by atoms with E-state index < -0.39 is 5.97 Å². The third kappa shape index (κ3) is 4.37. The summed E-state index contributed by atoms with van der Waals surface area (Å²) in [4.78, 5) is 24.3. The minimum atomic E-state index is -0.445. The van der Waals surface area contributed by atoms with Crippen LogP contribution in [0.5, 0.6) is 0 Å². The van der Waals surface area contributed by atoms with Crippen LogP contribution in [0.15, 0.2) is 27.3 Å². The normalized spacial score (nSPS) is 10.6. The van der Waals surface area contributed by atoms with E-state index in [1.54, 1.807) is 25.1 Å². The molecule has 0 aliphatic carbocycles. The molecule has 98 valence electrons. The van der Waals surface area contributed by atoms with Crippen LogP contribution < -0.4 is 0 Å². The molecule has 1 aromatic rings. The quantitative estimate of drug-likeness (QED) is 0.616. The van der Waals surface area contributed by atoms with E-state index in [1.165, 1.54) is 18.1 Å². The van der Waals surface area contributed by atoms with E-state index in [4.69, 9.17) is 4.42 Å². The van der Waals surface area contributed by atoms with Crippen LogP contribution in [0.1, 0.15) is 12.7 Å². The Morgan fingerprint density at radius 3 is 2.72 bits per heavy atom. The van der Waals surface area contributed by atoms with Crippen LogP contribution in [0.3, 0.4) is 0 Å². The van der Waals surface area contributed by atoms with Crippen molar-refractivity contribution in [1.29, 1.82) is 0 Å². The molecule has 0 fully saturated rings. The number of halogens is 1. The summed E-state index contributed by atoms with van der Waals surface area (Å²) in [5.41, 5.74) is 0. The number of amides is 1. The van der Waals surface area contributed by atoms with Gasteiger partial charge in [-0.25, -0.2) is 0 Å². The lowest BCUT2D eigenvalue weighted by atomic mass is 10.3. The van der Waals surface area contributed by atoms with E-state index >= 15 is 0 Å². The Morgan fingerprint density at radius 1 is 1.50 bits per heavy atom. The number of esters is 1. The van der Waals surface area contributed by atoms with Crippen LogP contribution in [0, 0.1) is 0 Å². The van der Waals surface area contributed by atoms with Crippen LogP contribution in [-0.2, 0) is 14.3 Å². The Morgan fingerprint density at radius 2 is 2.22 bits per heavy atom. The molecule has 18 heavy (non-hydrogen) atoms. The number of likely N-dealkylation sites (N-methyl/N-ethyl adjacent to an activating group) is 1. The third-order valence-corrected chi connectivity index (χ3v) is 2.65. The van der Waals surface area contributed by atoms with Crippen LogP contribution >= 0.6 is 15.9 Å². The average molecular weight is 316 g/mol. The average Bonchev–Trinajstić information content (AvgIpc) is 2.78. The molecule has 1 heterocycles. The summed E-state index contributed by atoms with van der Waals surface area (Å²) < 4.78 is 10.3. The second kappa shape index (κ2) is 7.00. The zero-order valence-electron chi connectivity index (χ0n) is 10.2. The molecule has 0 atom stereocenters. The molecule has 0 aromatic carbocycles. The van der Waals surface area contributed by atoms with Crippen molar-refractivity contribution in [2.24, 2.45) is 0 Å². The number of carbonyl (C=O) groups is 2. The van der Waals surface area contributed by atoms with Crippen molar-refractivity contribution in [1.82, 2.24) is 4.90 Å². The molecule has 0 unspecified atom stereocenters. The summed E-state index contributed by atoms with van der Waals surface area (Å²) >= 11 is 3.17. The van der Waals surface area contributed by atoms with Gasteiger partial charge < -0.3 is 14.1 Å². The first-order chi connectivity index (χ1) is 8.56. The van der Waals surface area contributed by atoms with Crippen molar-refractivity contribution in [3.63, 3.8) is 0 Å². The van der Waals surface area contributed by atoms with E-state index in [1.807, 2.05) is 0 Å². The lowest BCUT2D eigenvalue weighted by molar-refractivity contribution is -0.145. The Bertz CT molecular complexity index is 453. The van der Waals surface area contributed by atoms with Gasteiger partial charge in [0.15, 0.2) is 4.67 Å². The van der Waals surface area contributed by atoms with E-state index in [2.05, 4.69) is 20.7 Å². The molecule has 0 saturated heterocycles. The highest BCUT2D eigenvalue weighted by atomic mass is 79.9. The number of carbonyl (C=O) groups excluding carboxylic acids is 2. The summed E-state index contributed by atoms with van der Waals surface area (Å²) in [7, 11) is 1.29. The van der Waals surface area contributed by atoms with E-state index in [0.717, 1.165) is 0 Å². The molecular weight excluding hydrogens is 302 g/mol. The third-order valence-electron chi connectivity index (χ3n) is 2.23. The Labute approximate surface area is 114 Å². The molecular formula is C12H14BrNO4. The molecule has 0 radical (unpaired) electrons. The summed E-state index contributed by atoms with van der Waals surface area (Å²) in [6.07, 6.45) is 2.91. The number of methoxy groups -OCH3 is 1. The van der Waals surface area contributed by atoms with Crippen molar-refractivity contribution in [3.8, 4) is 0 Å². The number of ether oxygens (including phenoxy) is 1. The molecule has 0 saturated carbocycles. The SMILES string of the molecule is CCN(CC(=O)OC)C(=O)/C=C/c1ccc(Br)o1. The number of hydrogen-bond acceptors (Lipinski definition) is 4. The van der Waals surface area contributed by atoms with E-state index in [9.17, 15) is 9.59 Å². The van der Waals surface area contributed by atoms with Crippen LogP contribution in [0.25, 0.3) is 6.08 Å². The Hall–Kier alpha value is -1.56. The molecule has 1 amide bonds. The molecule has 6 heteroatoms. The maximum Gasteiger partial charge on any atom is 0.325 e. The molecule has 0 bridgehead atoms. The molecule has 5 nitrogen and oxygen atoms in total. The maximum absolute atomic E-state index is 11.8. The van der Waals surface area contributed by atoms with Crippen molar-refractivity contribution in [2.75, 3.05) is 20.2 Å². The minimum absolute atomic E-state index is 0.0575. The molecule has 1 aromatic heterocycles. The van der Waals surface area contributed by atoms with Crippen molar-refractivity contribution >= 4 is 33.9 Å². The van der Waals surface area contributed by atoms with E-state index in [0.29, 0.717) is 17.0 Å². The lowest BCUT2D eigenvalue weighted by Crippen LogP contribution is -2.34. The first kappa shape index (κ1) is 14.5. The zero-order chi connectivity index (χ0) is 13.5. The lowest BCUT2D eigenvalue weighted by Gasteiger charge is -2.16. The Kier molecular flexibility index (Phi) is 5.64. The van der Waals surface area contributed by atoms with Crippen molar-refractivity contribution in [2.45, 2.75) is 6.92 Å². The first-order valence-electron chi connectivity index (χ1n) is 5.36. The topological polar surface area (TPSA) is 59.8 Å². The second-order valence-corrected chi connectivity index (χ2v) is 4.19. The van der Waals surface area contributed by atoms with Crippen LogP contribution in [0.4, 0.5) is 0 Å². The molecule has 0 N–H and O–H groups in total. The molecule has 0 spiro atoms. The van der Waals surface area contributed by atoms with Gasteiger partial charge in [-0.05, 0) is 41.1 Å². The zero-order valence-corrected chi connectivity index (χ0v) is 11.8. The standard InChI is InChI=1S/C12H14BrNO4/c1-3-14(8-12(16)17-2)11(15)7-5-9-4-6-10(13)18-9/h4-7H,3,8H2,1-2H3/b7-5+. The van der Waals surface area contributed by atoms with Gasteiger partial charge in [0.2, 0.25) is 5.91 Å². The fraction of sp³-hybridized carbons (Fsp3) is 0.333. The summed E-state index contributed by atoms with van der Waals surface area (Å²) in [5.74, 6) is -0.154. The predicted octanol–water partition coefficient (Wildman–Crippen LogP) is 2.08. The molecule has 1 rings (SSSR count). The monoisotopic (exact) mass is 315 g/mol. The maximum atomic E-state index is 11.8. The van der Waals surface area contributed by atoms with Gasteiger partial charge in [-0.15, -0.1) is 0 Å². The van der Waals surface area contributed by atoms with Gasteiger partial charge in [-0.2, -0.15) is 0 Å².